The fourth-order valence-electron chi connectivity index (χ4n) is 3.48. The van der Waals surface area contributed by atoms with Crippen molar-refractivity contribution in [2.24, 2.45) is 0 Å². The molecule has 0 aromatic heterocycles. The molecule has 4 nitrogen and oxygen atoms in total. The van der Waals surface area contributed by atoms with E-state index in [4.69, 9.17) is 23.2 Å². The van der Waals surface area contributed by atoms with Crippen molar-refractivity contribution in [3.8, 4) is 0 Å². The fourth-order valence-corrected chi connectivity index (χ4v) is 5.21. The predicted octanol–water partition coefficient (Wildman–Crippen LogP) is 6.38. The van der Waals surface area contributed by atoms with Crippen molar-refractivity contribution in [3.05, 3.63) is 104 Å². The third kappa shape index (κ3) is 7.77. The lowest BCUT2D eigenvalue weighted by Crippen LogP contribution is -2.50. The SMILES string of the molecule is CNC(=O)[C@@H](Cc1ccccc1)N(Cc1ccc(Br)cc1)C(=O)CSCc1ccc(Cl)cc1Cl. The van der Waals surface area contributed by atoms with E-state index >= 15 is 0 Å². The average molecular weight is 580 g/mol. The Kier molecular flexibility index (Phi) is 10.3. The van der Waals surface area contributed by atoms with Gasteiger partial charge in [0.05, 0.1) is 5.75 Å². The Balaban J connectivity index is 1.80. The second-order valence-electron chi connectivity index (χ2n) is 7.70. The Morgan fingerprint density at radius 2 is 1.71 bits per heavy atom. The lowest BCUT2D eigenvalue weighted by Gasteiger charge is -2.31. The van der Waals surface area contributed by atoms with Crippen molar-refractivity contribution in [1.29, 1.82) is 0 Å². The van der Waals surface area contributed by atoms with E-state index in [0.717, 1.165) is 21.2 Å². The Morgan fingerprint density at radius 3 is 2.35 bits per heavy atom. The summed E-state index contributed by atoms with van der Waals surface area (Å²) >= 11 is 17.2. The molecule has 0 aliphatic heterocycles. The molecule has 0 unspecified atom stereocenters. The number of hydrogen-bond donors (Lipinski definition) is 1. The van der Waals surface area contributed by atoms with Gasteiger partial charge in [-0.25, -0.2) is 0 Å². The Labute approximate surface area is 223 Å². The first-order chi connectivity index (χ1) is 16.4. The van der Waals surface area contributed by atoms with E-state index in [9.17, 15) is 9.59 Å². The topological polar surface area (TPSA) is 49.4 Å². The molecular weight excluding hydrogens is 555 g/mol. The molecule has 178 valence electrons. The zero-order valence-electron chi connectivity index (χ0n) is 18.6. The summed E-state index contributed by atoms with van der Waals surface area (Å²) in [4.78, 5) is 28.1. The average Bonchev–Trinajstić information content (AvgIpc) is 2.84. The Morgan fingerprint density at radius 1 is 1.00 bits per heavy atom. The maximum Gasteiger partial charge on any atom is 0.242 e. The zero-order chi connectivity index (χ0) is 24.5. The summed E-state index contributed by atoms with van der Waals surface area (Å²) in [7, 11) is 1.60. The number of thioether (sulfide) groups is 1. The lowest BCUT2D eigenvalue weighted by atomic mass is 10.0. The molecule has 0 aliphatic carbocycles. The van der Waals surface area contributed by atoms with Crippen molar-refractivity contribution in [1.82, 2.24) is 10.2 Å². The Bertz CT molecular complexity index is 1110. The number of nitrogens with one attached hydrogen (secondary N) is 1. The molecule has 8 heteroatoms. The highest BCUT2D eigenvalue weighted by molar-refractivity contribution is 9.10. The maximum absolute atomic E-state index is 13.5. The normalized spacial score (nSPS) is 11.6. The number of carbonyl (C=O) groups excluding carboxylic acids is 2. The molecular formula is C26H25BrCl2N2O2S. The van der Waals surface area contributed by atoms with Gasteiger partial charge < -0.3 is 10.2 Å². The second-order valence-corrected chi connectivity index (χ2v) is 10.4. The number of carbonyl (C=O) groups is 2. The minimum absolute atomic E-state index is 0.109. The van der Waals surface area contributed by atoms with Crippen molar-refractivity contribution in [2.75, 3.05) is 12.8 Å². The monoisotopic (exact) mass is 578 g/mol. The van der Waals surface area contributed by atoms with Crippen molar-refractivity contribution in [3.63, 3.8) is 0 Å². The summed E-state index contributed by atoms with van der Waals surface area (Å²) in [6.07, 6.45) is 0.427. The standard InChI is InChI=1S/C26H25BrCl2N2O2S/c1-30-26(33)24(13-18-5-3-2-4-6-18)31(15-19-7-10-21(27)11-8-19)25(32)17-34-16-20-9-12-22(28)14-23(20)29/h2-12,14,24H,13,15-17H2,1H3,(H,30,33)/t24-/m1/s1. The summed E-state index contributed by atoms with van der Waals surface area (Å²) in [5, 5.41) is 3.88. The first-order valence-corrected chi connectivity index (χ1v) is 13.4. The van der Waals surface area contributed by atoms with Gasteiger partial charge in [0.1, 0.15) is 6.04 Å². The number of hydrogen-bond acceptors (Lipinski definition) is 3. The smallest absolute Gasteiger partial charge is 0.242 e. The molecule has 0 radical (unpaired) electrons. The van der Waals surface area contributed by atoms with Gasteiger partial charge >= 0.3 is 0 Å². The largest absolute Gasteiger partial charge is 0.357 e. The van der Waals surface area contributed by atoms with Gasteiger partial charge in [-0.15, -0.1) is 11.8 Å². The van der Waals surface area contributed by atoms with Crippen LogP contribution in [0.5, 0.6) is 0 Å². The number of nitrogens with zero attached hydrogens (tertiary/aromatic N) is 1. The van der Waals surface area contributed by atoms with Crippen LogP contribution in [-0.4, -0.2) is 35.6 Å². The minimum Gasteiger partial charge on any atom is -0.357 e. The van der Waals surface area contributed by atoms with Crippen LogP contribution in [-0.2, 0) is 28.3 Å². The number of amides is 2. The highest BCUT2D eigenvalue weighted by Crippen LogP contribution is 2.25. The molecule has 3 rings (SSSR count). The van der Waals surface area contributed by atoms with Crippen molar-refractivity contribution >= 4 is 62.7 Å². The van der Waals surface area contributed by atoms with Gasteiger partial charge in [0, 0.05) is 40.3 Å². The fraction of sp³-hybridized carbons (Fsp3) is 0.231. The molecule has 0 heterocycles. The van der Waals surface area contributed by atoms with Gasteiger partial charge in [0.15, 0.2) is 0 Å². The molecule has 3 aromatic rings. The van der Waals surface area contributed by atoms with Crippen LogP contribution in [0.3, 0.4) is 0 Å². The van der Waals surface area contributed by atoms with Crippen LogP contribution in [0.2, 0.25) is 10.0 Å². The highest BCUT2D eigenvalue weighted by Gasteiger charge is 2.29. The molecule has 0 saturated carbocycles. The van der Waals surface area contributed by atoms with E-state index < -0.39 is 6.04 Å². The molecule has 3 aromatic carbocycles. The Hall–Kier alpha value is -1.99. The van der Waals surface area contributed by atoms with E-state index in [2.05, 4.69) is 21.2 Å². The molecule has 1 N–H and O–H groups in total. The van der Waals surface area contributed by atoms with Crippen LogP contribution >= 0.6 is 50.9 Å². The van der Waals surface area contributed by atoms with Gasteiger partial charge in [0.2, 0.25) is 11.8 Å². The van der Waals surface area contributed by atoms with Gasteiger partial charge in [-0.2, -0.15) is 0 Å². The molecule has 34 heavy (non-hydrogen) atoms. The quantitative estimate of drug-likeness (QED) is 0.303. The number of benzene rings is 3. The highest BCUT2D eigenvalue weighted by atomic mass is 79.9. The molecule has 0 saturated heterocycles. The molecule has 1 atom stereocenters. The van der Waals surface area contributed by atoms with Gasteiger partial charge in [0.25, 0.3) is 0 Å². The summed E-state index contributed by atoms with van der Waals surface area (Å²) in [6, 6.07) is 22.2. The third-order valence-corrected chi connectivity index (χ3v) is 7.36. The van der Waals surface area contributed by atoms with Crippen LogP contribution in [0.25, 0.3) is 0 Å². The number of likely N-dealkylation sites (N-methyl/N-ethyl adjacent to an activating group) is 1. The van der Waals surface area contributed by atoms with E-state index in [1.807, 2.05) is 60.7 Å². The van der Waals surface area contributed by atoms with Crippen LogP contribution in [0.4, 0.5) is 0 Å². The van der Waals surface area contributed by atoms with E-state index in [1.165, 1.54) is 11.8 Å². The molecule has 0 spiro atoms. The van der Waals surface area contributed by atoms with Gasteiger partial charge in [-0.1, -0.05) is 87.7 Å². The predicted molar refractivity (Wildman–Crippen MR) is 145 cm³/mol. The van der Waals surface area contributed by atoms with Crippen LogP contribution in [0.15, 0.2) is 77.3 Å². The lowest BCUT2D eigenvalue weighted by molar-refractivity contribution is -0.139. The zero-order valence-corrected chi connectivity index (χ0v) is 22.6. The van der Waals surface area contributed by atoms with Gasteiger partial charge in [-0.05, 0) is 41.0 Å². The molecule has 2 amide bonds. The molecule has 0 aliphatic rings. The van der Waals surface area contributed by atoms with Crippen molar-refractivity contribution in [2.45, 2.75) is 24.8 Å². The molecule has 0 bridgehead atoms. The second kappa shape index (κ2) is 13.2. The first kappa shape index (κ1) is 26.6. The summed E-state index contributed by atoms with van der Waals surface area (Å²) in [5.74, 6) is 0.484. The van der Waals surface area contributed by atoms with Crippen molar-refractivity contribution < 1.29 is 9.59 Å². The number of halogens is 3. The first-order valence-electron chi connectivity index (χ1n) is 10.7. The summed E-state index contributed by atoms with van der Waals surface area (Å²) in [6.45, 7) is 0.333. The summed E-state index contributed by atoms with van der Waals surface area (Å²) < 4.78 is 0.955. The van der Waals surface area contributed by atoms with E-state index in [1.54, 1.807) is 24.1 Å². The van der Waals surface area contributed by atoms with Crippen LogP contribution in [0, 0.1) is 0 Å². The van der Waals surface area contributed by atoms with Crippen LogP contribution in [0.1, 0.15) is 16.7 Å². The van der Waals surface area contributed by atoms with E-state index in [0.29, 0.717) is 28.8 Å². The molecule has 0 fully saturated rings. The van der Waals surface area contributed by atoms with E-state index in [-0.39, 0.29) is 17.6 Å². The van der Waals surface area contributed by atoms with Gasteiger partial charge in [-0.3, -0.25) is 9.59 Å². The third-order valence-electron chi connectivity index (χ3n) is 5.28. The maximum atomic E-state index is 13.5. The minimum atomic E-state index is -0.636. The van der Waals surface area contributed by atoms with Crippen LogP contribution < -0.4 is 5.32 Å². The number of rotatable bonds is 10. The summed E-state index contributed by atoms with van der Waals surface area (Å²) in [5.41, 5.74) is 2.85.